The molecule has 0 spiro atoms. The molecule has 66 valence electrons. The number of carbonyl (C=O) groups excluding carboxylic acids is 1. The molecule has 0 heterocycles. The van der Waals surface area contributed by atoms with Gasteiger partial charge in [0.05, 0.1) is 0 Å². The molecule has 0 fully saturated rings. The van der Waals surface area contributed by atoms with Crippen LogP contribution in [0.2, 0.25) is 0 Å². The van der Waals surface area contributed by atoms with E-state index in [1.165, 1.54) is 7.05 Å². The lowest BCUT2D eigenvalue weighted by atomic mass is 10.1. The first-order valence-electron chi connectivity index (χ1n) is 3.84. The molecule has 1 unspecified atom stereocenters. The number of amides is 1. The summed E-state index contributed by atoms with van der Waals surface area (Å²) in [5, 5.41) is 1.08. The first-order chi connectivity index (χ1) is 5.07. The number of hydrogen-bond donors (Lipinski definition) is 2. The van der Waals surface area contributed by atoms with E-state index >= 15 is 0 Å². The van der Waals surface area contributed by atoms with Crippen molar-refractivity contribution in [3.8, 4) is 0 Å². The number of carbonyl (C=O) groups is 1. The van der Waals surface area contributed by atoms with Gasteiger partial charge in [-0.15, -0.1) is 0 Å². The van der Waals surface area contributed by atoms with Crippen molar-refractivity contribution in [2.24, 2.45) is 11.6 Å². The van der Waals surface area contributed by atoms with Gasteiger partial charge in [0.1, 0.15) is 0 Å². The monoisotopic (exact) mass is 159 g/mol. The lowest BCUT2D eigenvalue weighted by molar-refractivity contribution is -0.130. The van der Waals surface area contributed by atoms with Gasteiger partial charge in [0.15, 0.2) is 0 Å². The van der Waals surface area contributed by atoms with Crippen molar-refractivity contribution >= 4 is 5.91 Å². The van der Waals surface area contributed by atoms with E-state index in [0.29, 0.717) is 6.42 Å². The summed E-state index contributed by atoms with van der Waals surface area (Å²) in [7, 11) is 1.53. The van der Waals surface area contributed by atoms with Crippen LogP contribution in [0, 0.1) is 0 Å². The largest absolute Gasteiger partial charge is 0.327 e. The second-order valence-electron chi connectivity index (χ2n) is 2.76. The molecule has 0 aliphatic rings. The Hall–Kier alpha value is -0.610. The minimum Gasteiger partial charge on any atom is -0.327 e. The van der Waals surface area contributed by atoms with Crippen LogP contribution in [-0.4, -0.2) is 24.0 Å². The SMILES string of the molecule is CCCC(N)CC(=O)N(C)N. The Bertz CT molecular complexity index is 125. The van der Waals surface area contributed by atoms with Gasteiger partial charge in [-0.2, -0.15) is 0 Å². The lowest BCUT2D eigenvalue weighted by Gasteiger charge is -2.13. The van der Waals surface area contributed by atoms with Crippen molar-refractivity contribution in [1.29, 1.82) is 0 Å². The zero-order valence-electron chi connectivity index (χ0n) is 7.21. The van der Waals surface area contributed by atoms with Crippen molar-refractivity contribution in [2.75, 3.05) is 7.05 Å². The molecular formula is C7H17N3O. The average Bonchev–Trinajstić information content (AvgIpc) is 1.87. The molecule has 0 aliphatic heterocycles. The Balaban J connectivity index is 3.57. The van der Waals surface area contributed by atoms with Crippen LogP contribution in [0.25, 0.3) is 0 Å². The molecule has 4 nitrogen and oxygen atoms in total. The van der Waals surface area contributed by atoms with E-state index in [2.05, 4.69) is 0 Å². The van der Waals surface area contributed by atoms with Crippen molar-refractivity contribution < 1.29 is 4.79 Å². The van der Waals surface area contributed by atoms with E-state index in [4.69, 9.17) is 11.6 Å². The van der Waals surface area contributed by atoms with E-state index in [-0.39, 0.29) is 11.9 Å². The molecule has 0 aliphatic carbocycles. The maximum Gasteiger partial charge on any atom is 0.237 e. The van der Waals surface area contributed by atoms with Crippen LogP contribution in [0.1, 0.15) is 26.2 Å². The zero-order valence-corrected chi connectivity index (χ0v) is 7.21. The fourth-order valence-electron chi connectivity index (χ4n) is 0.841. The molecule has 0 aromatic heterocycles. The van der Waals surface area contributed by atoms with Gasteiger partial charge in [0.2, 0.25) is 5.91 Å². The number of hydrogen-bond acceptors (Lipinski definition) is 3. The molecular weight excluding hydrogens is 142 g/mol. The molecule has 0 radical (unpaired) electrons. The molecule has 0 aromatic carbocycles. The second-order valence-corrected chi connectivity index (χ2v) is 2.76. The highest BCUT2D eigenvalue weighted by Gasteiger charge is 2.09. The van der Waals surface area contributed by atoms with Gasteiger partial charge < -0.3 is 5.73 Å². The summed E-state index contributed by atoms with van der Waals surface area (Å²) in [6, 6.07) is -0.0431. The summed E-state index contributed by atoms with van der Waals surface area (Å²) in [5.74, 6) is 5.10. The fourth-order valence-corrected chi connectivity index (χ4v) is 0.841. The van der Waals surface area contributed by atoms with Gasteiger partial charge in [0, 0.05) is 19.5 Å². The normalized spacial score (nSPS) is 12.7. The smallest absolute Gasteiger partial charge is 0.237 e. The standard InChI is InChI=1S/C7H17N3O/c1-3-4-6(8)5-7(11)10(2)9/h6H,3-5,8-9H2,1-2H3. The zero-order chi connectivity index (χ0) is 8.85. The van der Waals surface area contributed by atoms with E-state index in [0.717, 1.165) is 17.9 Å². The number of nitrogens with two attached hydrogens (primary N) is 2. The Morgan fingerprint density at radius 1 is 1.64 bits per heavy atom. The molecule has 4 heteroatoms. The van der Waals surface area contributed by atoms with Crippen LogP contribution < -0.4 is 11.6 Å². The van der Waals surface area contributed by atoms with E-state index in [1.54, 1.807) is 0 Å². The number of nitrogens with zero attached hydrogens (tertiary/aromatic N) is 1. The van der Waals surface area contributed by atoms with Crippen LogP contribution in [0.3, 0.4) is 0 Å². The van der Waals surface area contributed by atoms with Gasteiger partial charge >= 0.3 is 0 Å². The van der Waals surface area contributed by atoms with Crippen LogP contribution in [-0.2, 0) is 4.79 Å². The quantitative estimate of drug-likeness (QED) is 0.340. The average molecular weight is 159 g/mol. The Morgan fingerprint density at radius 2 is 2.18 bits per heavy atom. The Labute approximate surface area is 67.5 Å². The van der Waals surface area contributed by atoms with Crippen LogP contribution in [0.5, 0.6) is 0 Å². The van der Waals surface area contributed by atoms with E-state index < -0.39 is 0 Å². The summed E-state index contributed by atoms with van der Waals surface area (Å²) < 4.78 is 0. The second kappa shape index (κ2) is 5.09. The predicted octanol–water partition coefficient (Wildman–Crippen LogP) is -0.164. The molecule has 0 bridgehead atoms. The van der Waals surface area contributed by atoms with Crippen molar-refractivity contribution in [2.45, 2.75) is 32.2 Å². The van der Waals surface area contributed by atoms with E-state index in [1.807, 2.05) is 6.92 Å². The topological polar surface area (TPSA) is 72.4 Å². The summed E-state index contributed by atoms with van der Waals surface area (Å²) in [6.07, 6.45) is 2.23. The fraction of sp³-hybridized carbons (Fsp3) is 0.857. The van der Waals surface area contributed by atoms with Gasteiger partial charge in [-0.25, -0.2) is 5.84 Å². The summed E-state index contributed by atoms with van der Waals surface area (Å²) in [4.78, 5) is 10.9. The summed E-state index contributed by atoms with van der Waals surface area (Å²) >= 11 is 0. The van der Waals surface area contributed by atoms with Crippen molar-refractivity contribution in [3.63, 3.8) is 0 Å². The number of hydrazine groups is 1. The van der Waals surface area contributed by atoms with E-state index in [9.17, 15) is 4.79 Å². The minimum atomic E-state index is -0.106. The number of rotatable bonds is 4. The Morgan fingerprint density at radius 3 is 2.55 bits per heavy atom. The highest BCUT2D eigenvalue weighted by atomic mass is 16.2. The first kappa shape index (κ1) is 10.4. The molecule has 4 N–H and O–H groups in total. The highest BCUT2D eigenvalue weighted by molar-refractivity contribution is 5.75. The summed E-state index contributed by atoms with van der Waals surface area (Å²) in [5.41, 5.74) is 5.62. The van der Waals surface area contributed by atoms with Crippen molar-refractivity contribution in [3.05, 3.63) is 0 Å². The molecule has 11 heavy (non-hydrogen) atoms. The third-order valence-electron chi connectivity index (χ3n) is 1.49. The third-order valence-corrected chi connectivity index (χ3v) is 1.49. The molecule has 0 saturated carbocycles. The van der Waals surface area contributed by atoms with Crippen LogP contribution in [0.15, 0.2) is 0 Å². The Kier molecular flexibility index (Phi) is 4.81. The van der Waals surface area contributed by atoms with Crippen molar-refractivity contribution in [1.82, 2.24) is 5.01 Å². The summed E-state index contributed by atoms with van der Waals surface area (Å²) in [6.45, 7) is 2.04. The maximum absolute atomic E-state index is 10.9. The lowest BCUT2D eigenvalue weighted by Crippen LogP contribution is -2.37. The molecule has 0 saturated heterocycles. The van der Waals surface area contributed by atoms with Gasteiger partial charge in [-0.3, -0.25) is 9.80 Å². The first-order valence-corrected chi connectivity index (χ1v) is 3.84. The third kappa shape index (κ3) is 4.75. The minimum absolute atomic E-state index is 0.0431. The molecule has 1 atom stereocenters. The maximum atomic E-state index is 10.9. The van der Waals surface area contributed by atoms with Crippen LogP contribution >= 0.6 is 0 Å². The van der Waals surface area contributed by atoms with Gasteiger partial charge in [0.25, 0.3) is 0 Å². The molecule has 1 amide bonds. The predicted molar refractivity (Wildman–Crippen MR) is 44.5 cm³/mol. The van der Waals surface area contributed by atoms with Crippen LogP contribution in [0.4, 0.5) is 0 Å². The van der Waals surface area contributed by atoms with Gasteiger partial charge in [-0.05, 0) is 6.42 Å². The molecule has 0 rings (SSSR count). The highest BCUT2D eigenvalue weighted by Crippen LogP contribution is 1.99. The molecule has 0 aromatic rings. The van der Waals surface area contributed by atoms with Gasteiger partial charge in [-0.1, -0.05) is 13.3 Å².